The number of piperazine rings is 1. The number of amides is 1. The fourth-order valence-electron chi connectivity index (χ4n) is 4.16. The summed E-state index contributed by atoms with van der Waals surface area (Å²) in [4.78, 5) is 23.6. The minimum atomic E-state index is -4.40. The molecule has 1 amide bonds. The van der Waals surface area contributed by atoms with Gasteiger partial charge in [-0.3, -0.25) is 14.8 Å². The van der Waals surface area contributed by atoms with Crippen molar-refractivity contribution in [1.29, 1.82) is 0 Å². The number of carbonyl (C=O) groups is 1. The Balaban J connectivity index is 1.38. The van der Waals surface area contributed by atoms with Crippen molar-refractivity contribution in [2.45, 2.75) is 38.7 Å². The molecular formula is C23H28F3N7O2. The van der Waals surface area contributed by atoms with E-state index in [2.05, 4.69) is 30.4 Å². The van der Waals surface area contributed by atoms with Crippen molar-refractivity contribution in [2.75, 3.05) is 31.1 Å². The molecular weight excluding hydrogens is 463 g/mol. The van der Waals surface area contributed by atoms with E-state index >= 15 is 0 Å². The first-order valence-electron chi connectivity index (χ1n) is 11.3. The van der Waals surface area contributed by atoms with E-state index in [1.54, 1.807) is 25.4 Å². The van der Waals surface area contributed by atoms with Gasteiger partial charge >= 0.3 is 6.18 Å². The second-order valence-corrected chi connectivity index (χ2v) is 8.81. The van der Waals surface area contributed by atoms with Gasteiger partial charge in [-0.15, -0.1) is 0 Å². The highest BCUT2D eigenvalue weighted by molar-refractivity contribution is 5.95. The van der Waals surface area contributed by atoms with E-state index in [9.17, 15) is 23.1 Å². The van der Waals surface area contributed by atoms with Crippen LogP contribution in [0.5, 0.6) is 0 Å². The number of pyridine rings is 1. The Hall–Kier alpha value is -3.38. The number of aromatic amines is 2. The maximum atomic E-state index is 12.8. The zero-order valence-electron chi connectivity index (χ0n) is 19.4. The number of hydrogen-bond donors (Lipinski definition) is 4. The minimum Gasteiger partial charge on any atom is -0.392 e. The van der Waals surface area contributed by atoms with Gasteiger partial charge in [0.2, 0.25) is 0 Å². The molecule has 1 aliphatic heterocycles. The zero-order chi connectivity index (χ0) is 25.2. The third-order valence-corrected chi connectivity index (χ3v) is 5.97. The summed E-state index contributed by atoms with van der Waals surface area (Å²) in [6.45, 7) is 6.43. The Kier molecular flexibility index (Phi) is 7.13. The molecule has 35 heavy (non-hydrogen) atoms. The van der Waals surface area contributed by atoms with E-state index in [4.69, 9.17) is 0 Å². The van der Waals surface area contributed by atoms with Crippen molar-refractivity contribution >= 4 is 11.7 Å². The van der Waals surface area contributed by atoms with Gasteiger partial charge < -0.3 is 20.3 Å². The summed E-state index contributed by atoms with van der Waals surface area (Å²) in [5, 5.41) is 19.2. The summed E-state index contributed by atoms with van der Waals surface area (Å²) in [7, 11) is 0. The standard InChI is InChI=1S/C23H28F3N7O2/c1-14-12-32(5-6-33(14)20-4-3-18(11-28-20)23(24,25)26)13-17-10-30-31-21(17)19-7-16(9-27-19)22(35)29-8-15(2)34/h3-4,7,9-11,14-15,27,34H,5-6,8,12-13H2,1-2H3,(H,29,35)(H,30,31)/t14-,15?/m1/s1. The number of aliphatic hydroxyl groups excluding tert-OH is 1. The lowest BCUT2D eigenvalue weighted by Gasteiger charge is -2.40. The van der Waals surface area contributed by atoms with Crippen LogP contribution in [-0.2, 0) is 12.7 Å². The van der Waals surface area contributed by atoms with Crippen LogP contribution in [-0.4, -0.2) is 74.4 Å². The Morgan fingerprint density at radius 2 is 2.11 bits per heavy atom. The Bertz CT molecular complexity index is 1140. The van der Waals surface area contributed by atoms with Crippen LogP contribution in [0.2, 0.25) is 0 Å². The summed E-state index contributed by atoms with van der Waals surface area (Å²) >= 11 is 0. The molecule has 3 aromatic rings. The first kappa shape index (κ1) is 24.7. The molecule has 9 nitrogen and oxygen atoms in total. The van der Waals surface area contributed by atoms with Crippen LogP contribution in [0.4, 0.5) is 19.0 Å². The average molecular weight is 492 g/mol. The first-order valence-corrected chi connectivity index (χ1v) is 11.3. The normalized spacial score (nSPS) is 18.0. The highest BCUT2D eigenvalue weighted by Gasteiger charge is 2.32. The van der Waals surface area contributed by atoms with Crippen LogP contribution in [0.1, 0.15) is 35.3 Å². The number of rotatable bonds is 7. The van der Waals surface area contributed by atoms with Crippen molar-refractivity contribution in [3.05, 3.63) is 53.5 Å². The van der Waals surface area contributed by atoms with Gasteiger partial charge in [0, 0.05) is 56.7 Å². The fraction of sp³-hybridized carbons (Fsp3) is 0.435. The topological polar surface area (TPSA) is 113 Å². The van der Waals surface area contributed by atoms with E-state index in [1.165, 1.54) is 6.07 Å². The second kappa shape index (κ2) is 10.1. The van der Waals surface area contributed by atoms with Crippen LogP contribution in [0.25, 0.3) is 11.4 Å². The maximum Gasteiger partial charge on any atom is 0.417 e. The molecule has 0 bridgehead atoms. The van der Waals surface area contributed by atoms with E-state index in [-0.39, 0.29) is 18.5 Å². The molecule has 1 saturated heterocycles. The Morgan fingerprint density at radius 1 is 1.31 bits per heavy atom. The molecule has 3 aromatic heterocycles. The maximum absolute atomic E-state index is 12.8. The summed E-state index contributed by atoms with van der Waals surface area (Å²) in [5.74, 6) is 0.248. The largest absolute Gasteiger partial charge is 0.417 e. The molecule has 4 N–H and O–H groups in total. The predicted octanol–water partition coefficient (Wildman–Crippen LogP) is 2.64. The molecule has 12 heteroatoms. The molecule has 0 saturated carbocycles. The van der Waals surface area contributed by atoms with Crippen LogP contribution in [0.15, 0.2) is 36.8 Å². The summed E-state index contributed by atoms with van der Waals surface area (Å²) in [6.07, 6.45) is -0.802. The van der Waals surface area contributed by atoms with E-state index in [1.807, 2.05) is 11.8 Å². The highest BCUT2D eigenvalue weighted by Crippen LogP contribution is 2.30. The summed E-state index contributed by atoms with van der Waals surface area (Å²) < 4.78 is 38.5. The van der Waals surface area contributed by atoms with Gasteiger partial charge in [-0.25, -0.2) is 4.98 Å². The van der Waals surface area contributed by atoms with Gasteiger partial charge in [0.15, 0.2) is 0 Å². The summed E-state index contributed by atoms with van der Waals surface area (Å²) in [6, 6.07) is 4.27. The number of nitrogens with one attached hydrogen (secondary N) is 3. The molecule has 1 aliphatic rings. The molecule has 0 radical (unpaired) electrons. The number of nitrogens with zero attached hydrogens (tertiary/aromatic N) is 4. The number of aromatic nitrogens is 4. The van der Waals surface area contributed by atoms with Crippen LogP contribution in [0, 0.1) is 0 Å². The van der Waals surface area contributed by atoms with Crippen molar-refractivity contribution < 1.29 is 23.1 Å². The third kappa shape index (κ3) is 5.82. The highest BCUT2D eigenvalue weighted by atomic mass is 19.4. The predicted molar refractivity (Wildman–Crippen MR) is 124 cm³/mol. The minimum absolute atomic E-state index is 0.0537. The zero-order valence-corrected chi connectivity index (χ0v) is 19.4. The van der Waals surface area contributed by atoms with E-state index < -0.39 is 17.8 Å². The lowest BCUT2D eigenvalue weighted by atomic mass is 10.1. The number of H-pyrrole nitrogens is 2. The van der Waals surface area contributed by atoms with Crippen molar-refractivity contribution in [3.8, 4) is 11.4 Å². The van der Waals surface area contributed by atoms with Crippen molar-refractivity contribution in [3.63, 3.8) is 0 Å². The third-order valence-electron chi connectivity index (χ3n) is 5.97. The molecule has 4 heterocycles. The number of carbonyl (C=O) groups excluding carboxylic acids is 1. The monoisotopic (exact) mass is 491 g/mol. The van der Waals surface area contributed by atoms with Gasteiger partial charge in [0.05, 0.1) is 34.8 Å². The molecule has 2 atom stereocenters. The number of aliphatic hydroxyl groups is 1. The SMILES string of the molecule is CC(O)CNC(=O)c1c[nH]c(-c2[nH]ncc2CN2CCN(c3ccc(C(F)(F)F)cn3)[C@H](C)C2)c1. The summed E-state index contributed by atoms with van der Waals surface area (Å²) in [5.41, 5.74) is 2.15. The van der Waals surface area contributed by atoms with Gasteiger partial charge in [-0.2, -0.15) is 18.3 Å². The Labute approximate surface area is 200 Å². The average Bonchev–Trinajstić information content (AvgIpc) is 3.47. The quantitative estimate of drug-likeness (QED) is 0.404. The van der Waals surface area contributed by atoms with E-state index in [0.717, 1.165) is 29.2 Å². The van der Waals surface area contributed by atoms with Crippen LogP contribution >= 0.6 is 0 Å². The molecule has 0 spiro atoms. The Morgan fingerprint density at radius 3 is 2.77 bits per heavy atom. The van der Waals surface area contributed by atoms with Gasteiger partial charge in [-0.1, -0.05) is 0 Å². The molecule has 4 rings (SSSR count). The van der Waals surface area contributed by atoms with E-state index in [0.29, 0.717) is 37.6 Å². The van der Waals surface area contributed by atoms with Crippen molar-refractivity contribution in [1.82, 2.24) is 30.4 Å². The number of anilines is 1. The molecule has 1 fully saturated rings. The molecule has 188 valence electrons. The number of alkyl halides is 3. The lowest BCUT2D eigenvalue weighted by Crippen LogP contribution is -2.51. The van der Waals surface area contributed by atoms with Crippen LogP contribution < -0.4 is 10.2 Å². The van der Waals surface area contributed by atoms with Gasteiger partial charge in [-0.05, 0) is 32.0 Å². The van der Waals surface area contributed by atoms with Crippen LogP contribution in [0.3, 0.4) is 0 Å². The molecule has 0 aliphatic carbocycles. The number of halogens is 3. The lowest BCUT2D eigenvalue weighted by molar-refractivity contribution is -0.137. The molecule has 0 aromatic carbocycles. The molecule has 1 unspecified atom stereocenters. The van der Waals surface area contributed by atoms with Crippen molar-refractivity contribution in [2.24, 2.45) is 0 Å². The first-order chi connectivity index (χ1) is 16.6. The smallest absolute Gasteiger partial charge is 0.392 e. The second-order valence-electron chi connectivity index (χ2n) is 8.81. The fourth-order valence-corrected chi connectivity index (χ4v) is 4.16. The van der Waals surface area contributed by atoms with Gasteiger partial charge in [0.1, 0.15) is 5.82 Å². The van der Waals surface area contributed by atoms with Gasteiger partial charge in [0.25, 0.3) is 5.91 Å². The number of hydrogen-bond acceptors (Lipinski definition) is 6.